The highest BCUT2D eigenvalue weighted by molar-refractivity contribution is 5.99. The van der Waals surface area contributed by atoms with Crippen LogP contribution in [0.3, 0.4) is 0 Å². The number of anilines is 1. The van der Waals surface area contributed by atoms with Gasteiger partial charge in [-0.2, -0.15) is 4.98 Å². The Bertz CT molecular complexity index is 2070. The summed E-state index contributed by atoms with van der Waals surface area (Å²) in [7, 11) is 1.57. The van der Waals surface area contributed by atoms with Crippen molar-refractivity contribution < 1.29 is 13.9 Å². The summed E-state index contributed by atoms with van der Waals surface area (Å²) >= 11 is 0. The number of hydrogen-bond donors (Lipinski definition) is 0. The molecule has 46 heavy (non-hydrogen) atoms. The molecule has 5 aromatic rings. The summed E-state index contributed by atoms with van der Waals surface area (Å²) in [5, 5.41) is 2.04. The average Bonchev–Trinajstić information content (AvgIpc) is 3.04. The maximum Gasteiger partial charge on any atom is 0.355 e. The Morgan fingerprint density at radius 1 is 1.07 bits per heavy atom. The van der Waals surface area contributed by atoms with Crippen LogP contribution in [0.15, 0.2) is 72.2 Å². The molecule has 1 saturated heterocycles. The van der Waals surface area contributed by atoms with Gasteiger partial charge in [-0.15, -0.1) is 0 Å². The van der Waals surface area contributed by atoms with E-state index in [0.29, 0.717) is 47.0 Å². The number of rotatable bonds is 6. The van der Waals surface area contributed by atoms with E-state index >= 15 is 4.39 Å². The number of halogens is 1. The van der Waals surface area contributed by atoms with Gasteiger partial charge in [0.2, 0.25) is 5.91 Å². The summed E-state index contributed by atoms with van der Waals surface area (Å²) in [6, 6.07) is 14.1. The van der Waals surface area contributed by atoms with Gasteiger partial charge in [0, 0.05) is 36.9 Å². The van der Waals surface area contributed by atoms with Crippen molar-refractivity contribution in [1.29, 1.82) is 0 Å². The van der Waals surface area contributed by atoms with Crippen LogP contribution in [0.25, 0.3) is 38.8 Å². The van der Waals surface area contributed by atoms with E-state index in [1.54, 1.807) is 24.3 Å². The number of fused-ring (bicyclic) bond motifs is 2. The predicted octanol–water partition coefficient (Wildman–Crippen LogP) is 6.19. The van der Waals surface area contributed by atoms with Gasteiger partial charge in [0.1, 0.15) is 23.1 Å². The second-order valence-corrected chi connectivity index (χ2v) is 12.2. The smallest absolute Gasteiger partial charge is 0.355 e. The number of ether oxygens (including phenoxy) is 1. The lowest BCUT2D eigenvalue weighted by molar-refractivity contribution is -0.128. The molecule has 10 heteroatoms. The van der Waals surface area contributed by atoms with E-state index in [9.17, 15) is 9.59 Å². The van der Waals surface area contributed by atoms with Crippen LogP contribution in [0, 0.1) is 12.7 Å². The van der Waals surface area contributed by atoms with E-state index in [-0.39, 0.29) is 35.2 Å². The number of nitrogens with zero attached hydrogens (tertiary/aromatic N) is 6. The third-order valence-corrected chi connectivity index (χ3v) is 8.77. The summed E-state index contributed by atoms with van der Waals surface area (Å²) in [4.78, 5) is 44.7. The van der Waals surface area contributed by atoms with Gasteiger partial charge < -0.3 is 14.5 Å². The van der Waals surface area contributed by atoms with Gasteiger partial charge >= 0.3 is 5.69 Å². The summed E-state index contributed by atoms with van der Waals surface area (Å²) in [5.41, 5.74) is 2.44. The van der Waals surface area contributed by atoms with E-state index in [4.69, 9.17) is 9.72 Å². The lowest BCUT2D eigenvalue weighted by Crippen LogP contribution is -2.58. The zero-order valence-corrected chi connectivity index (χ0v) is 26.9. The van der Waals surface area contributed by atoms with Crippen LogP contribution in [0.2, 0.25) is 0 Å². The maximum absolute atomic E-state index is 16.5. The Labute approximate surface area is 267 Å². The Morgan fingerprint density at radius 2 is 1.83 bits per heavy atom. The van der Waals surface area contributed by atoms with Crippen LogP contribution in [-0.4, -0.2) is 62.6 Å². The van der Waals surface area contributed by atoms with Crippen LogP contribution in [-0.2, 0) is 4.79 Å². The number of benzene rings is 2. The highest BCUT2D eigenvalue weighted by Gasteiger charge is 2.34. The Kier molecular flexibility index (Phi) is 8.06. The van der Waals surface area contributed by atoms with Crippen molar-refractivity contribution >= 4 is 33.5 Å². The highest BCUT2D eigenvalue weighted by Crippen LogP contribution is 2.37. The van der Waals surface area contributed by atoms with Gasteiger partial charge in [-0.25, -0.2) is 18.7 Å². The molecule has 2 aromatic carbocycles. The molecule has 1 amide bonds. The minimum absolute atomic E-state index is 0.0184. The number of pyridine rings is 2. The van der Waals surface area contributed by atoms with Gasteiger partial charge in [-0.05, 0) is 73.4 Å². The molecular weight excluding hydrogens is 583 g/mol. The number of hydrogen-bond acceptors (Lipinski definition) is 7. The van der Waals surface area contributed by atoms with Crippen LogP contribution in [0.5, 0.6) is 5.75 Å². The van der Waals surface area contributed by atoms with Crippen molar-refractivity contribution in [3.05, 3.63) is 94.9 Å². The minimum Gasteiger partial charge on any atom is -0.497 e. The minimum atomic E-state index is -0.563. The Balaban J connectivity index is 1.68. The Morgan fingerprint density at radius 3 is 2.54 bits per heavy atom. The fourth-order valence-electron chi connectivity index (χ4n) is 6.44. The Hall–Kier alpha value is -5.12. The summed E-state index contributed by atoms with van der Waals surface area (Å²) in [6.07, 6.45) is 3.02. The number of aromatic nitrogens is 4. The van der Waals surface area contributed by atoms with Crippen molar-refractivity contribution in [2.75, 3.05) is 25.1 Å². The van der Waals surface area contributed by atoms with Crippen LogP contribution >= 0.6 is 0 Å². The predicted molar refractivity (Wildman–Crippen MR) is 179 cm³/mol. The quantitative estimate of drug-likeness (QED) is 0.209. The van der Waals surface area contributed by atoms with Crippen LogP contribution in [0.1, 0.15) is 44.9 Å². The van der Waals surface area contributed by atoms with E-state index in [0.717, 1.165) is 16.3 Å². The third kappa shape index (κ3) is 5.17. The number of carbonyl (C=O) groups is 1. The zero-order chi connectivity index (χ0) is 32.9. The van der Waals surface area contributed by atoms with E-state index in [1.807, 2.05) is 75.9 Å². The van der Waals surface area contributed by atoms with Gasteiger partial charge in [-0.3, -0.25) is 9.78 Å². The maximum atomic E-state index is 16.5. The van der Waals surface area contributed by atoms with Crippen molar-refractivity contribution in [3.8, 4) is 22.7 Å². The topological polar surface area (TPSA) is 93.5 Å². The molecule has 6 rings (SSSR count). The summed E-state index contributed by atoms with van der Waals surface area (Å²) in [6.45, 7) is 14.2. The van der Waals surface area contributed by atoms with E-state index in [2.05, 4.69) is 16.5 Å². The largest absolute Gasteiger partial charge is 0.497 e. The van der Waals surface area contributed by atoms with Gasteiger partial charge in [0.25, 0.3) is 0 Å². The normalized spacial score (nSPS) is 16.8. The second kappa shape index (κ2) is 12.0. The molecule has 9 nitrogen and oxygen atoms in total. The molecular formula is C36H37FN6O3. The SMILES string of the molecule is C=CC(=O)N1CC(C)N(c2nc(=O)n(-c3c(C)ccnc3C(C)C)c3nc(-c4cc(OC)cc5ccccc45)c(F)cc23)CC1C. The van der Waals surface area contributed by atoms with E-state index in [1.165, 1.54) is 16.7 Å². The molecule has 4 heterocycles. The highest BCUT2D eigenvalue weighted by atomic mass is 19.1. The first-order chi connectivity index (χ1) is 22.0. The molecule has 0 radical (unpaired) electrons. The second-order valence-electron chi connectivity index (χ2n) is 12.2. The summed E-state index contributed by atoms with van der Waals surface area (Å²) in [5.74, 6) is 0.135. The standard InChI is InChI=1S/C36H37FN6O3/c1-8-30(44)41-18-23(6)42(19-22(41)5)34-28-17-29(37)32(27-16-25(46-7)15-24-11-9-10-12-26(24)27)39-35(28)43(36(45)40-34)33-21(4)13-14-38-31(33)20(2)3/h8-17,20,22-23H,1,18-19H2,2-7H3. The van der Waals surface area contributed by atoms with Crippen LogP contribution < -0.4 is 15.3 Å². The molecule has 0 bridgehead atoms. The first kappa shape index (κ1) is 30.9. The fourth-order valence-corrected chi connectivity index (χ4v) is 6.44. The van der Waals surface area contributed by atoms with Gasteiger partial charge in [0.05, 0.1) is 23.9 Å². The monoisotopic (exact) mass is 620 g/mol. The third-order valence-electron chi connectivity index (χ3n) is 8.77. The molecule has 1 fully saturated rings. The van der Waals surface area contributed by atoms with Gasteiger partial charge in [-0.1, -0.05) is 44.7 Å². The number of piperazine rings is 1. The molecule has 0 spiro atoms. The molecule has 2 unspecified atom stereocenters. The molecule has 3 aromatic heterocycles. The first-order valence-electron chi connectivity index (χ1n) is 15.4. The first-order valence-corrected chi connectivity index (χ1v) is 15.4. The number of aryl methyl sites for hydroxylation is 1. The van der Waals surface area contributed by atoms with Crippen molar-refractivity contribution in [2.45, 2.75) is 52.6 Å². The lowest BCUT2D eigenvalue weighted by atomic mass is 10.00. The molecule has 1 aliphatic rings. The molecule has 1 aliphatic heterocycles. The lowest BCUT2D eigenvalue weighted by Gasteiger charge is -2.44. The summed E-state index contributed by atoms with van der Waals surface area (Å²) < 4.78 is 23.5. The molecule has 0 saturated carbocycles. The molecule has 2 atom stereocenters. The van der Waals surface area contributed by atoms with Crippen molar-refractivity contribution in [2.24, 2.45) is 0 Å². The average molecular weight is 621 g/mol. The fraction of sp³-hybridized carbons (Fsp3) is 0.306. The zero-order valence-electron chi connectivity index (χ0n) is 26.9. The van der Waals surface area contributed by atoms with Crippen molar-refractivity contribution in [1.82, 2.24) is 24.4 Å². The van der Waals surface area contributed by atoms with E-state index < -0.39 is 11.5 Å². The number of amides is 1. The van der Waals surface area contributed by atoms with Gasteiger partial charge in [0.15, 0.2) is 5.65 Å². The molecule has 0 N–H and O–H groups in total. The molecule has 236 valence electrons. The van der Waals surface area contributed by atoms with Crippen molar-refractivity contribution in [3.63, 3.8) is 0 Å². The number of carbonyl (C=O) groups excluding carboxylic acids is 1. The number of methoxy groups -OCH3 is 1. The molecule has 0 aliphatic carbocycles. The van der Waals surface area contributed by atoms with Crippen LogP contribution in [0.4, 0.5) is 10.2 Å².